The normalized spacial score (nSPS) is 11.3. The molecule has 0 spiro atoms. The number of rotatable bonds is 9. The fourth-order valence-electron chi connectivity index (χ4n) is 3.19. The molecule has 1 aromatic heterocycles. The Morgan fingerprint density at radius 2 is 1.78 bits per heavy atom. The van der Waals surface area contributed by atoms with Crippen LogP contribution in [0.25, 0.3) is 0 Å². The third-order valence-corrected chi connectivity index (χ3v) is 4.95. The van der Waals surface area contributed by atoms with Crippen molar-refractivity contribution in [3.8, 4) is 0 Å². The summed E-state index contributed by atoms with van der Waals surface area (Å²) in [7, 11) is 0. The topological polar surface area (TPSA) is 82.5 Å². The van der Waals surface area contributed by atoms with Gasteiger partial charge in [0.1, 0.15) is 0 Å². The summed E-state index contributed by atoms with van der Waals surface area (Å²) in [5, 5.41) is 3.56. The number of hydrogen-bond donors (Lipinski definition) is 1. The second-order valence-corrected chi connectivity index (χ2v) is 7.11. The third-order valence-electron chi connectivity index (χ3n) is 4.60. The highest BCUT2D eigenvalue weighted by Crippen LogP contribution is 2.33. The number of aromatic nitrogens is 2. The molecule has 0 amide bonds. The largest absolute Gasteiger partial charge is 0.462 e. The van der Waals surface area contributed by atoms with E-state index in [-0.39, 0.29) is 24.8 Å². The van der Waals surface area contributed by atoms with Crippen molar-refractivity contribution in [3.05, 3.63) is 95.2 Å². The molecule has 0 aliphatic rings. The van der Waals surface area contributed by atoms with Crippen LogP contribution in [0.4, 0.5) is 5.69 Å². The lowest BCUT2D eigenvalue weighted by atomic mass is 9.98. The van der Waals surface area contributed by atoms with Crippen LogP contribution in [0.15, 0.2) is 79.0 Å². The van der Waals surface area contributed by atoms with Crippen molar-refractivity contribution >= 4 is 29.2 Å². The molecule has 32 heavy (non-hydrogen) atoms. The molecule has 3 aromatic rings. The standard InChI is InChI=1S/C24H24ClN3O4/c1-3-31-23(29)20(24(30)32-4-2)15-27-18-10-11-21(25)19(14-18)22(28-13-12-26-16-28)17-8-6-5-7-9-17/h5-16,22,27H,3-4H2,1-2H3. The van der Waals surface area contributed by atoms with Crippen LogP contribution in [0.5, 0.6) is 0 Å². The number of halogens is 1. The van der Waals surface area contributed by atoms with Crippen molar-refractivity contribution < 1.29 is 19.1 Å². The number of carbonyl (C=O) groups is 2. The molecule has 2 aromatic carbocycles. The SMILES string of the molecule is CCOC(=O)C(=CNc1ccc(Cl)c(C(c2ccccc2)n2ccnc2)c1)C(=O)OCC. The molecule has 0 saturated heterocycles. The number of ether oxygens (including phenoxy) is 2. The molecule has 0 aliphatic heterocycles. The summed E-state index contributed by atoms with van der Waals surface area (Å²) in [6.07, 6.45) is 6.60. The molecular formula is C24H24ClN3O4. The van der Waals surface area contributed by atoms with E-state index < -0.39 is 11.9 Å². The monoisotopic (exact) mass is 453 g/mol. The molecule has 8 heteroatoms. The van der Waals surface area contributed by atoms with Crippen LogP contribution >= 0.6 is 11.6 Å². The van der Waals surface area contributed by atoms with Crippen LogP contribution in [-0.4, -0.2) is 34.7 Å². The Bertz CT molecular complexity index is 1060. The highest BCUT2D eigenvalue weighted by molar-refractivity contribution is 6.31. The zero-order valence-electron chi connectivity index (χ0n) is 17.8. The molecule has 0 bridgehead atoms. The van der Waals surface area contributed by atoms with Crippen molar-refractivity contribution in [2.75, 3.05) is 18.5 Å². The first-order chi connectivity index (χ1) is 15.5. The maximum absolute atomic E-state index is 12.2. The Balaban J connectivity index is 1.97. The van der Waals surface area contributed by atoms with Gasteiger partial charge in [-0.15, -0.1) is 0 Å². The highest BCUT2D eigenvalue weighted by atomic mass is 35.5. The summed E-state index contributed by atoms with van der Waals surface area (Å²) in [6.45, 7) is 3.62. The first-order valence-electron chi connectivity index (χ1n) is 10.2. The van der Waals surface area contributed by atoms with Gasteiger partial charge in [0, 0.05) is 34.9 Å². The number of nitrogens with one attached hydrogen (secondary N) is 1. The van der Waals surface area contributed by atoms with E-state index in [2.05, 4.69) is 10.3 Å². The Hall–Kier alpha value is -3.58. The zero-order valence-corrected chi connectivity index (χ0v) is 18.6. The molecule has 1 heterocycles. The summed E-state index contributed by atoms with van der Waals surface area (Å²) in [5.74, 6) is -1.51. The average Bonchev–Trinajstić information content (AvgIpc) is 3.31. The van der Waals surface area contributed by atoms with Crippen LogP contribution in [-0.2, 0) is 19.1 Å². The summed E-state index contributed by atoms with van der Waals surface area (Å²) in [5.41, 5.74) is 2.26. The molecule has 0 fully saturated rings. The smallest absolute Gasteiger partial charge is 0.347 e. The lowest BCUT2D eigenvalue weighted by molar-refractivity contribution is -0.146. The number of anilines is 1. The lowest BCUT2D eigenvalue weighted by Gasteiger charge is -2.21. The molecule has 0 radical (unpaired) electrons. The number of imidazole rings is 1. The van der Waals surface area contributed by atoms with E-state index >= 15 is 0 Å². The van der Waals surface area contributed by atoms with E-state index in [9.17, 15) is 9.59 Å². The van der Waals surface area contributed by atoms with E-state index in [1.165, 1.54) is 6.20 Å². The summed E-state index contributed by atoms with van der Waals surface area (Å²) in [4.78, 5) is 28.5. The Morgan fingerprint density at radius 3 is 2.38 bits per heavy atom. The van der Waals surface area contributed by atoms with Gasteiger partial charge in [0.2, 0.25) is 0 Å². The van der Waals surface area contributed by atoms with Crippen molar-refractivity contribution in [1.29, 1.82) is 0 Å². The zero-order chi connectivity index (χ0) is 22.9. The number of hydrogen-bond acceptors (Lipinski definition) is 6. The second-order valence-electron chi connectivity index (χ2n) is 6.70. The van der Waals surface area contributed by atoms with E-state index in [0.717, 1.165) is 11.1 Å². The van der Waals surface area contributed by atoms with Crippen molar-refractivity contribution in [1.82, 2.24) is 9.55 Å². The quantitative estimate of drug-likeness (QED) is 0.221. The molecule has 0 saturated carbocycles. The molecule has 0 aliphatic carbocycles. The van der Waals surface area contributed by atoms with Crippen LogP contribution in [0, 0.1) is 0 Å². The van der Waals surface area contributed by atoms with Gasteiger partial charge in [-0.3, -0.25) is 0 Å². The Kier molecular flexibility index (Phi) is 8.05. The van der Waals surface area contributed by atoms with Gasteiger partial charge in [0.05, 0.1) is 25.6 Å². The van der Waals surface area contributed by atoms with Gasteiger partial charge < -0.3 is 19.4 Å². The first kappa shape index (κ1) is 23.1. The predicted octanol–water partition coefficient (Wildman–Crippen LogP) is 4.60. The molecule has 3 rings (SSSR count). The minimum Gasteiger partial charge on any atom is -0.462 e. The fourth-order valence-corrected chi connectivity index (χ4v) is 3.41. The van der Waals surface area contributed by atoms with Gasteiger partial charge in [-0.25, -0.2) is 14.6 Å². The summed E-state index contributed by atoms with van der Waals surface area (Å²) in [6, 6.07) is 15.1. The van der Waals surface area contributed by atoms with Crippen molar-refractivity contribution in [2.24, 2.45) is 0 Å². The van der Waals surface area contributed by atoms with E-state index in [4.69, 9.17) is 21.1 Å². The van der Waals surface area contributed by atoms with Crippen molar-refractivity contribution in [3.63, 3.8) is 0 Å². The molecule has 1 unspecified atom stereocenters. The number of esters is 2. The average molecular weight is 454 g/mol. The lowest BCUT2D eigenvalue weighted by Crippen LogP contribution is -2.19. The predicted molar refractivity (Wildman–Crippen MR) is 122 cm³/mol. The molecule has 1 atom stereocenters. The third kappa shape index (κ3) is 5.56. The number of nitrogens with zero attached hydrogens (tertiary/aromatic N) is 2. The van der Waals surface area contributed by atoms with E-state index in [1.807, 2.05) is 47.2 Å². The molecule has 7 nitrogen and oxygen atoms in total. The Morgan fingerprint density at radius 1 is 1.09 bits per heavy atom. The molecule has 166 valence electrons. The van der Waals surface area contributed by atoms with Crippen molar-refractivity contribution in [2.45, 2.75) is 19.9 Å². The molecule has 1 N–H and O–H groups in total. The van der Waals surface area contributed by atoms with Gasteiger partial charge in [0.15, 0.2) is 5.57 Å². The number of carbonyl (C=O) groups excluding carboxylic acids is 2. The maximum atomic E-state index is 12.2. The van der Waals surface area contributed by atoms with Crippen LogP contribution in [0.3, 0.4) is 0 Å². The van der Waals surface area contributed by atoms with E-state index in [0.29, 0.717) is 10.7 Å². The Labute approximate surface area is 191 Å². The van der Waals surface area contributed by atoms with Gasteiger partial charge in [0.25, 0.3) is 0 Å². The molecular weight excluding hydrogens is 430 g/mol. The highest BCUT2D eigenvalue weighted by Gasteiger charge is 2.22. The number of benzene rings is 2. The van der Waals surface area contributed by atoms with Gasteiger partial charge in [-0.1, -0.05) is 41.9 Å². The van der Waals surface area contributed by atoms with Crippen LogP contribution in [0.1, 0.15) is 31.0 Å². The fraction of sp³-hybridized carbons (Fsp3) is 0.208. The van der Waals surface area contributed by atoms with Crippen LogP contribution in [0.2, 0.25) is 5.02 Å². The second kappa shape index (κ2) is 11.2. The first-order valence-corrected chi connectivity index (χ1v) is 10.6. The van der Waals surface area contributed by atoms with Crippen LogP contribution < -0.4 is 5.32 Å². The maximum Gasteiger partial charge on any atom is 0.347 e. The minimum absolute atomic E-state index is 0.143. The summed E-state index contributed by atoms with van der Waals surface area (Å²) >= 11 is 6.58. The van der Waals surface area contributed by atoms with Gasteiger partial charge in [-0.05, 0) is 37.6 Å². The summed E-state index contributed by atoms with van der Waals surface area (Å²) < 4.78 is 11.9. The van der Waals surface area contributed by atoms with Gasteiger partial charge in [-0.2, -0.15) is 0 Å². The van der Waals surface area contributed by atoms with E-state index in [1.54, 1.807) is 38.5 Å². The minimum atomic E-state index is -0.756. The van der Waals surface area contributed by atoms with Gasteiger partial charge >= 0.3 is 11.9 Å².